The van der Waals surface area contributed by atoms with E-state index in [1.165, 1.54) is 46.3 Å². The minimum atomic E-state index is 0.845. The molecule has 0 unspecified atom stereocenters. The van der Waals surface area contributed by atoms with Crippen molar-refractivity contribution in [2.75, 3.05) is 51.0 Å². The summed E-state index contributed by atoms with van der Waals surface area (Å²) in [5.74, 6) is 0.984. The van der Waals surface area contributed by atoms with E-state index in [9.17, 15) is 0 Å². The minimum absolute atomic E-state index is 0.845. The molecular formula is C23H32N5OS2+. The molecular weight excluding hydrogens is 426 g/mol. The average Bonchev–Trinajstić information content (AvgIpc) is 3.42. The summed E-state index contributed by atoms with van der Waals surface area (Å²) in [5, 5.41) is 5.79. The van der Waals surface area contributed by atoms with E-state index in [4.69, 9.17) is 19.7 Å². The number of fused-ring (bicyclic) bond motifs is 5. The van der Waals surface area contributed by atoms with Gasteiger partial charge in [0.1, 0.15) is 23.7 Å². The van der Waals surface area contributed by atoms with E-state index in [2.05, 4.69) is 18.5 Å². The molecule has 0 saturated carbocycles. The van der Waals surface area contributed by atoms with Crippen LogP contribution < -0.4 is 10.2 Å². The molecule has 0 radical (unpaired) electrons. The van der Waals surface area contributed by atoms with Crippen LogP contribution in [0, 0.1) is 0 Å². The van der Waals surface area contributed by atoms with Crippen molar-refractivity contribution in [2.24, 2.45) is 0 Å². The predicted octanol–water partition coefficient (Wildman–Crippen LogP) is 3.12. The lowest BCUT2D eigenvalue weighted by Crippen LogP contribution is -3.14. The molecule has 0 spiro atoms. The van der Waals surface area contributed by atoms with Gasteiger partial charge in [-0.1, -0.05) is 25.1 Å². The fourth-order valence-corrected chi connectivity index (χ4v) is 6.43. The van der Waals surface area contributed by atoms with Crippen LogP contribution in [0.5, 0.6) is 0 Å². The third kappa shape index (κ3) is 4.27. The molecule has 2 aliphatic rings. The van der Waals surface area contributed by atoms with Gasteiger partial charge in [0, 0.05) is 24.0 Å². The molecule has 1 aliphatic heterocycles. The lowest BCUT2D eigenvalue weighted by molar-refractivity contribution is -0.908. The van der Waals surface area contributed by atoms with Crippen LogP contribution in [0.4, 0.5) is 5.82 Å². The number of thioether (sulfide) groups is 1. The van der Waals surface area contributed by atoms with Crippen molar-refractivity contribution < 1.29 is 9.64 Å². The highest BCUT2D eigenvalue weighted by atomic mass is 32.2. The van der Waals surface area contributed by atoms with E-state index in [1.807, 2.05) is 0 Å². The Morgan fingerprint density at radius 3 is 2.77 bits per heavy atom. The van der Waals surface area contributed by atoms with E-state index in [0.717, 1.165) is 79.9 Å². The summed E-state index contributed by atoms with van der Waals surface area (Å²) in [6, 6.07) is 0. The van der Waals surface area contributed by atoms with Crippen LogP contribution in [0.3, 0.4) is 0 Å². The first-order valence-corrected chi connectivity index (χ1v) is 13.7. The zero-order valence-corrected chi connectivity index (χ0v) is 20.2. The molecule has 3 aromatic heterocycles. The highest BCUT2D eigenvalue weighted by Gasteiger charge is 2.24. The molecule has 166 valence electrons. The first-order valence-electron chi connectivity index (χ1n) is 11.6. The molecule has 0 aromatic carbocycles. The van der Waals surface area contributed by atoms with Gasteiger partial charge in [-0.3, -0.25) is 0 Å². The van der Waals surface area contributed by atoms with Crippen molar-refractivity contribution in [3.05, 3.63) is 16.8 Å². The Balaban J connectivity index is 1.46. The summed E-state index contributed by atoms with van der Waals surface area (Å²) in [6.45, 7) is 8.40. The smallest absolute Gasteiger partial charge is 0.189 e. The van der Waals surface area contributed by atoms with Crippen molar-refractivity contribution in [3.8, 4) is 0 Å². The molecule has 5 rings (SSSR count). The van der Waals surface area contributed by atoms with Gasteiger partial charge in [0.25, 0.3) is 0 Å². The van der Waals surface area contributed by atoms with Crippen LogP contribution in [0.2, 0.25) is 0 Å². The Kier molecular flexibility index (Phi) is 6.59. The summed E-state index contributed by atoms with van der Waals surface area (Å²) in [4.78, 5) is 17.7. The van der Waals surface area contributed by atoms with Crippen LogP contribution >= 0.6 is 23.1 Å². The van der Waals surface area contributed by atoms with Gasteiger partial charge in [-0.05, 0) is 43.1 Å². The largest absolute Gasteiger partial charge is 0.370 e. The number of aromatic nitrogens is 3. The van der Waals surface area contributed by atoms with Gasteiger partial charge in [-0.25, -0.2) is 15.0 Å². The molecule has 4 heterocycles. The fourth-order valence-electron chi connectivity index (χ4n) is 4.93. The molecule has 8 heteroatoms. The van der Waals surface area contributed by atoms with Gasteiger partial charge in [0.15, 0.2) is 5.16 Å². The standard InChI is InChI=1S/C23H31N5OS2/c1-3-6-17-15-7-4-8-16(15)18-19-20(31-22(18)25-17)21(27-23(26-19)30-2)24-9-5-10-28-11-13-29-14-12-28/h3-14H2,1-2H3,(H,24,26,27)/p+1. The van der Waals surface area contributed by atoms with Gasteiger partial charge in [-0.2, -0.15) is 0 Å². The number of rotatable bonds is 8. The maximum Gasteiger partial charge on any atom is 0.189 e. The number of thiophene rings is 1. The zero-order valence-electron chi connectivity index (χ0n) is 18.6. The van der Waals surface area contributed by atoms with E-state index in [1.54, 1.807) is 28.0 Å². The van der Waals surface area contributed by atoms with E-state index < -0.39 is 0 Å². The second-order valence-electron chi connectivity index (χ2n) is 8.53. The van der Waals surface area contributed by atoms with Gasteiger partial charge in [0.05, 0.1) is 30.0 Å². The normalized spacial score (nSPS) is 17.0. The Hall–Kier alpha value is -1.48. The molecule has 0 amide bonds. The van der Waals surface area contributed by atoms with E-state index in [0.29, 0.717) is 0 Å². The summed E-state index contributed by atoms with van der Waals surface area (Å²) >= 11 is 3.39. The molecule has 1 fully saturated rings. The van der Waals surface area contributed by atoms with Crippen LogP contribution in [0.25, 0.3) is 20.4 Å². The zero-order chi connectivity index (χ0) is 21.2. The van der Waals surface area contributed by atoms with Crippen LogP contribution in [0.1, 0.15) is 43.0 Å². The molecule has 0 atom stereocenters. The Labute approximate surface area is 192 Å². The number of aryl methyl sites for hydroxylation is 2. The number of ether oxygens (including phenoxy) is 1. The summed E-state index contributed by atoms with van der Waals surface area (Å²) < 4.78 is 6.64. The van der Waals surface area contributed by atoms with Crippen molar-refractivity contribution in [2.45, 2.75) is 50.6 Å². The Morgan fingerprint density at radius 2 is 1.97 bits per heavy atom. The number of hydrogen-bond acceptors (Lipinski definition) is 7. The van der Waals surface area contributed by atoms with Gasteiger partial charge < -0.3 is 15.0 Å². The molecule has 0 bridgehead atoms. The highest BCUT2D eigenvalue weighted by molar-refractivity contribution is 7.98. The minimum Gasteiger partial charge on any atom is -0.370 e. The third-order valence-electron chi connectivity index (χ3n) is 6.47. The van der Waals surface area contributed by atoms with Gasteiger partial charge in [0.2, 0.25) is 0 Å². The maximum absolute atomic E-state index is 5.47. The summed E-state index contributed by atoms with van der Waals surface area (Å²) in [7, 11) is 0. The Bertz CT molecular complexity index is 1080. The number of pyridine rings is 1. The molecule has 6 nitrogen and oxygen atoms in total. The third-order valence-corrected chi connectivity index (χ3v) is 8.10. The summed E-state index contributed by atoms with van der Waals surface area (Å²) in [6.07, 6.45) is 8.96. The van der Waals surface area contributed by atoms with Crippen LogP contribution in [-0.2, 0) is 24.0 Å². The second kappa shape index (κ2) is 9.57. The topological polar surface area (TPSA) is 64.4 Å². The quantitative estimate of drug-likeness (QED) is 0.307. The molecule has 1 saturated heterocycles. The van der Waals surface area contributed by atoms with Crippen molar-refractivity contribution >= 4 is 49.3 Å². The van der Waals surface area contributed by atoms with Gasteiger partial charge in [-0.15, -0.1) is 11.3 Å². The van der Waals surface area contributed by atoms with E-state index >= 15 is 0 Å². The number of morpholine rings is 1. The average molecular weight is 459 g/mol. The number of quaternary nitrogens is 1. The molecule has 1 aliphatic carbocycles. The molecule has 31 heavy (non-hydrogen) atoms. The van der Waals surface area contributed by atoms with Crippen LogP contribution in [0.15, 0.2) is 5.16 Å². The first-order chi connectivity index (χ1) is 15.3. The monoisotopic (exact) mass is 458 g/mol. The Morgan fingerprint density at radius 1 is 1.13 bits per heavy atom. The first kappa shape index (κ1) is 21.4. The lowest BCUT2D eigenvalue weighted by atomic mass is 10.0. The summed E-state index contributed by atoms with van der Waals surface area (Å²) in [5.41, 5.74) is 5.43. The number of nitrogens with one attached hydrogen (secondary N) is 2. The molecule has 3 aromatic rings. The molecule has 2 N–H and O–H groups in total. The van der Waals surface area contributed by atoms with Gasteiger partial charge >= 0.3 is 0 Å². The predicted molar refractivity (Wildman–Crippen MR) is 130 cm³/mol. The number of nitrogens with zero attached hydrogens (tertiary/aromatic N) is 3. The fraction of sp³-hybridized carbons (Fsp3) is 0.609. The SMILES string of the molecule is CCCc1nc2sc3c(NCCC[NH+]4CCOCC4)nc(SC)nc3c2c2c1CCC2. The number of hydrogen-bond donors (Lipinski definition) is 2. The van der Waals surface area contributed by atoms with Crippen molar-refractivity contribution in [3.63, 3.8) is 0 Å². The van der Waals surface area contributed by atoms with Crippen molar-refractivity contribution in [1.29, 1.82) is 0 Å². The van der Waals surface area contributed by atoms with Crippen LogP contribution in [-0.4, -0.2) is 60.6 Å². The maximum atomic E-state index is 5.47. The number of anilines is 1. The second-order valence-corrected chi connectivity index (χ2v) is 10.3. The van der Waals surface area contributed by atoms with Crippen molar-refractivity contribution in [1.82, 2.24) is 15.0 Å². The van der Waals surface area contributed by atoms with E-state index in [-0.39, 0.29) is 0 Å². The lowest BCUT2D eigenvalue weighted by Gasteiger charge is -2.23. The highest BCUT2D eigenvalue weighted by Crippen LogP contribution is 2.42.